The van der Waals surface area contributed by atoms with Crippen molar-refractivity contribution in [2.24, 2.45) is 0 Å². The van der Waals surface area contributed by atoms with E-state index in [9.17, 15) is 5.11 Å². The fourth-order valence-electron chi connectivity index (χ4n) is 1.48. The van der Waals surface area contributed by atoms with Crippen LogP contribution in [0.25, 0.3) is 0 Å². The third kappa shape index (κ3) is 3.98. The van der Waals surface area contributed by atoms with Crippen molar-refractivity contribution in [3.8, 4) is 0 Å². The Balaban J connectivity index is 2.81. The van der Waals surface area contributed by atoms with E-state index in [1.165, 1.54) is 0 Å². The molecule has 1 aromatic heterocycles. The maximum Gasteiger partial charge on any atom is 0.120 e. The minimum atomic E-state index is -0.758. The third-order valence-corrected chi connectivity index (χ3v) is 2.56. The van der Waals surface area contributed by atoms with Crippen LogP contribution in [0, 0.1) is 0 Å². The fourth-order valence-corrected chi connectivity index (χ4v) is 1.74. The molecule has 0 bridgehead atoms. The van der Waals surface area contributed by atoms with Gasteiger partial charge in [-0.15, -0.1) is 0 Å². The third-order valence-electron chi connectivity index (χ3n) is 2.27. The molecular formula is C12H21ClN2O2. The zero-order valence-corrected chi connectivity index (χ0v) is 11.8. The molecule has 0 amide bonds. The number of rotatable bonds is 4. The largest absolute Gasteiger partial charge is 0.384 e. The number of halogens is 1. The molecule has 0 saturated heterocycles. The number of hydrogen-bond donors (Lipinski definition) is 1. The molecule has 1 heterocycles. The molecule has 1 N–H and O–H groups in total. The average Bonchev–Trinajstić information content (AvgIpc) is 2.55. The second-order valence-electron chi connectivity index (χ2n) is 5.36. The molecule has 17 heavy (non-hydrogen) atoms. The SMILES string of the molecule is CC(C)n1ncc(Cl)c1C(O)COC(C)(C)C. The first-order chi connectivity index (χ1) is 7.72. The topological polar surface area (TPSA) is 47.3 Å². The van der Waals surface area contributed by atoms with Gasteiger partial charge in [-0.25, -0.2) is 0 Å². The monoisotopic (exact) mass is 260 g/mol. The van der Waals surface area contributed by atoms with Crippen molar-refractivity contribution in [3.05, 3.63) is 16.9 Å². The molecule has 1 atom stereocenters. The Morgan fingerprint density at radius 1 is 1.47 bits per heavy atom. The summed E-state index contributed by atoms with van der Waals surface area (Å²) in [5, 5.41) is 14.7. The highest BCUT2D eigenvalue weighted by Crippen LogP contribution is 2.26. The second kappa shape index (κ2) is 5.38. The molecule has 0 saturated carbocycles. The van der Waals surface area contributed by atoms with Crippen LogP contribution in [0.1, 0.15) is 52.5 Å². The van der Waals surface area contributed by atoms with Crippen LogP contribution in [0.3, 0.4) is 0 Å². The molecule has 5 heteroatoms. The lowest BCUT2D eigenvalue weighted by atomic mass is 10.2. The Kier molecular flexibility index (Phi) is 4.58. The van der Waals surface area contributed by atoms with Crippen LogP contribution in [0.5, 0.6) is 0 Å². The maximum absolute atomic E-state index is 10.1. The second-order valence-corrected chi connectivity index (χ2v) is 5.76. The van der Waals surface area contributed by atoms with Crippen LogP contribution in [-0.2, 0) is 4.74 Å². The Morgan fingerprint density at radius 3 is 2.53 bits per heavy atom. The highest BCUT2D eigenvalue weighted by Gasteiger charge is 2.22. The summed E-state index contributed by atoms with van der Waals surface area (Å²) in [4.78, 5) is 0. The molecule has 1 rings (SSSR count). The zero-order valence-electron chi connectivity index (χ0n) is 11.1. The minimum Gasteiger partial charge on any atom is -0.384 e. The predicted octanol–water partition coefficient (Wildman–Crippen LogP) is 2.97. The van der Waals surface area contributed by atoms with E-state index in [0.717, 1.165) is 0 Å². The van der Waals surface area contributed by atoms with Gasteiger partial charge in [-0.2, -0.15) is 5.10 Å². The van der Waals surface area contributed by atoms with Crippen molar-refractivity contribution in [1.82, 2.24) is 9.78 Å². The van der Waals surface area contributed by atoms with Crippen molar-refractivity contribution >= 4 is 11.6 Å². The van der Waals surface area contributed by atoms with Crippen LogP contribution in [-0.4, -0.2) is 27.1 Å². The number of aromatic nitrogens is 2. The molecule has 0 aromatic carbocycles. The maximum atomic E-state index is 10.1. The van der Waals surface area contributed by atoms with E-state index >= 15 is 0 Å². The summed E-state index contributed by atoms with van der Waals surface area (Å²) >= 11 is 6.04. The van der Waals surface area contributed by atoms with Crippen molar-refractivity contribution in [2.45, 2.75) is 52.4 Å². The van der Waals surface area contributed by atoms with Gasteiger partial charge in [-0.3, -0.25) is 4.68 Å². The number of aliphatic hydroxyl groups excluding tert-OH is 1. The lowest BCUT2D eigenvalue weighted by Crippen LogP contribution is -2.24. The highest BCUT2D eigenvalue weighted by atomic mass is 35.5. The summed E-state index contributed by atoms with van der Waals surface area (Å²) in [5.74, 6) is 0. The van der Waals surface area contributed by atoms with Gasteiger partial charge in [0.1, 0.15) is 6.10 Å². The van der Waals surface area contributed by atoms with Crippen LogP contribution in [0.4, 0.5) is 0 Å². The summed E-state index contributed by atoms with van der Waals surface area (Å²) in [5.41, 5.74) is 0.335. The fraction of sp³-hybridized carbons (Fsp3) is 0.750. The molecule has 0 spiro atoms. The standard InChI is InChI=1S/C12H21ClN2O2/c1-8(2)15-11(9(13)6-14-15)10(16)7-17-12(3,4)5/h6,8,10,16H,7H2,1-5H3. The van der Waals surface area contributed by atoms with Gasteiger partial charge in [0.25, 0.3) is 0 Å². The van der Waals surface area contributed by atoms with Gasteiger partial charge < -0.3 is 9.84 Å². The van der Waals surface area contributed by atoms with E-state index in [1.54, 1.807) is 10.9 Å². The van der Waals surface area contributed by atoms with Crippen molar-refractivity contribution in [2.75, 3.05) is 6.61 Å². The summed E-state index contributed by atoms with van der Waals surface area (Å²) in [6.07, 6.45) is 0.795. The van der Waals surface area contributed by atoms with Gasteiger partial charge in [-0.1, -0.05) is 11.6 Å². The normalized spacial score (nSPS) is 14.4. The van der Waals surface area contributed by atoms with Crippen molar-refractivity contribution in [1.29, 1.82) is 0 Å². The van der Waals surface area contributed by atoms with Crippen LogP contribution in [0.2, 0.25) is 5.02 Å². The highest BCUT2D eigenvalue weighted by molar-refractivity contribution is 6.31. The molecule has 0 radical (unpaired) electrons. The predicted molar refractivity (Wildman–Crippen MR) is 68.3 cm³/mol. The summed E-state index contributed by atoms with van der Waals surface area (Å²) in [7, 11) is 0. The number of aliphatic hydroxyl groups is 1. The van der Waals surface area contributed by atoms with Gasteiger partial charge in [0.15, 0.2) is 0 Å². The minimum absolute atomic E-state index is 0.154. The van der Waals surface area contributed by atoms with Gasteiger partial charge >= 0.3 is 0 Å². The number of nitrogens with zero attached hydrogens (tertiary/aromatic N) is 2. The van der Waals surface area contributed by atoms with E-state index in [-0.39, 0.29) is 18.2 Å². The molecule has 1 unspecified atom stereocenters. The Hall–Kier alpha value is -0.580. The zero-order chi connectivity index (χ0) is 13.2. The number of ether oxygens (including phenoxy) is 1. The van der Waals surface area contributed by atoms with Crippen molar-refractivity contribution < 1.29 is 9.84 Å². The Bertz CT molecular complexity index is 369. The molecule has 98 valence electrons. The van der Waals surface area contributed by atoms with Crippen LogP contribution in [0.15, 0.2) is 6.20 Å². The summed E-state index contributed by atoms with van der Waals surface area (Å²) in [6, 6.07) is 0.154. The molecule has 0 fully saturated rings. The summed E-state index contributed by atoms with van der Waals surface area (Å²) in [6.45, 7) is 10.0. The quantitative estimate of drug-likeness (QED) is 0.905. The van der Waals surface area contributed by atoms with E-state index in [0.29, 0.717) is 10.7 Å². The first kappa shape index (κ1) is 14.5. The van der Waals surface area contributed by atoms with E-state index in [4.69, 9.17) is 16.3 Å². The lowest BCUT2D eigenvalue weighted by Gasteiger charge is -2.23. The van der Waals surface area contributed by atoms with Crippen LogP contribution >= 0.6 is 11.6 Å². The van der Waals surface area contributed by atoms with E-state index < -0.39 is 6.10 Å². The van der Waals surface area contributed by atoms with Gasteiger partial charge in [0, 0.05) is 6.04 Å². The average molecular weight is 261 g/mol. The van der Waals surface area contributed by atoms with E-state index in [1.807, 2.05) is 34.6 Å². The smallest absolute Gasteiger partial charge is 0.120 e. The molecule has 0 aliphatic heterocycles. The lowest BCUT2D eigenvalue weighted by molar-refractivity contribution is -0.0519. The summed E-state index contributed by atoms with van der Waals surface area (Å²) < 4.78 is 7.28. The Labute approximate surface area is 108 Å². The molecule has 0 aliphatic rings. The first-order valence-electron chi connectivity index (χ1n) is 5.77. The Morgan fingerprint density at radius 2 is 2.06 bits per heavy atom. The van der Waals surface area contributed by atoms with Gasteiger partial charge in [-0.05, 0) is 34.6 Å². The van der Waals surface area contributed by atoms with Crippen LogP contribution < -0.4 is 0 Å². The first-order valence-corrected chi connectivity index (χ1v) is 6.15. The molecule has 4 nitrogen and oxygen atoms in total. The molecule has 1 aromatic rings. The number of hydrogen-bond acceptors (Lipinski definition) is 3. The van der Waals surface area contributed by atoms with Gasteiger partial charge in [0.05, 0.1) is 29.1 Å². The van der Waals surface area contributed by atoms with Crippen molar-refractivity contribution in [3.63, 3.8) is 0 Å². The molecular weight excluding hydrogens is 240 g/mol. The van der Waals surface area contributed by atoms with Gasteiger partial charge in [0.2, 0.25) is 0 Å². The van der Waals surface area contributed by atoms with E-state index in [2.05, 4.69) is 5.10 Å². The molecule has 0 aliphatic carbocycles.